The van der Waals surface area contributed by atoms with Crippen LogP contribution < -0.4 is 0 Å². The van der Waals surface area contributed by atoms with Gasteiger partial charge in [-0.25, -0.2) is 13.7 Å². The average Bonchev–Trinajstić information content (AvgIpc) is 1.41. The Morgan fingerprint density at radius 1 is 0.444 bits per heavy atom. The Balaban J connectivity index is -0.0000000277. The Morgan fingerprint density at radius 3 is 0.444 bits per heavy atom. The summed E-state index contributed by atoms with van der Waals surface area (Å²) >= 11 is 0. The van der Waals surface area contributed by atoms with Gasteiger partial charge in [0.1, 0.15) is 0 Å². The number of rotatable bonds is 0. The van der Waals surface area contributed by atoms with Gasteiger partial charge in [0.25, 0.3) is 0 Å². The zero-order valence-corrected chi connectivity index (χ0v) is 9.77. The van der Waals surface area contributed by atoms with Gasteiger partial charge in [-0.05, 0) is 0 Å². The van der Waals surface area contributed by atoms with Gasteiger partial charge >= 0.3 is 98.9 Å². The minimum absolute atomic E-state index is 0. The van der Waals surface area contributed by atoms with E-state index in [0.717, 1.165) is 0 Å². The van der Waals surface area contributed by atoms with Crippen molar-refractivity contribution in [2.24, 2.45) is 0 Å². The summed E-state index contributed by atoms with van der Waals surface area (Å²) < 4.78 is 26.6. The van der Waals surface area contributed by atoms with E-state index < -0.39 is 23.5 Å². The molecular weight excluding hydrogens is 381 g/mol. The second-order valence-electron chi connectivity index (χ2n) is 1.54. The van der Waals surface area contributed by atoms with E-state index in [2.05, 4.69) is 0 Å². The van der Waals surface area contributed by atoms with Crippen molar-refractivity contribution in [3.8, 4) is 0 Å². The van der Waals surface area contributed by atoms with Crippen LogP contribution in [0.3, 0.4) is 0 Å². The van der Waals surface area contributed by atoms with E-state index in [1.165, 1.54) is 0 Å². The molecule has 0 aliphatic rings. The zero-order valence-electron chi connectivity index (χ0n) is 7.09. The predicted octanol–water partition coefficient (Wildman–Crippen LogP) is -5.44. The maximum absolute atomic E-state index is 8.88. The van der Waals surface area contributed by atoms with Crippen molar-refractivity contribution in [2.45, 2.75) is 0 Å². The molecule has 13 nitrogen and oxygen atoms in total. The fourth-order valence-corrected chi connectivity index (χ4v) is 0. The molecule has 0 aromatic heterocycles. The van der Waals surface area contributed by atoms with Crippen LogP contribution in [0.4, 0.5) is 0 Å². The molecule has 0 saturated carbocycles. The molecule has 0 aromatic rings. The Hall–Kier alpha value is 2.81. The van der Waals surface area contributed by atoms with E-state index in [9.17, 15) is 0 Å². The molecule has 0 unspecified atom stereocenters. The third kappa shape index (κ3) is 756. The molecule has 0 aromatic carbocycles. The second kappa shape index (κ2) is 16.2. The minimum atomic E-state index is -4.64. The van der Waals surface area contributed by atoms with E-state index in [-0.39, 0.29) is 81.0 Å². The maximum atomic E-state index is 8.88. The summed E-state index contributed by atoms with van der Waals surface area (Å²) in [6.45, 7) is 0. The molecule has 0 rings (SSSR count). The first-order valence-electron chi connectivity index (χ1n) is 2.35. The third-order valence-corrected chi connectivity index (χ3v) is 0. The van der Waals surface area contributed by atoms with Gasteiger partial charge in [0.15, 0.2) is 0 Å². The average molecular weight is 396 g/mol. The molecule has 11 N–H and O–H groups in total. The molecule has 0 spiro atoms. The predicted molar refractivity (Wildman–Crippen MR) is 63.5 cm³/mol. The van der Waals surface area contributed by atoms with Crippen LogP contribution in [0.5, 0.6) is 0 Å². The molecule has 0 aliphatic heterocycles. The van der Waals surface area contributed by atoms with E-state index in [0.29, 0.717) is 0 Å². The molecule has 112 valence electrons. The first kappa shape index (κ1) is 37.2. The van der Waals surface area contributed by atoms with Crippen molar-refractivity contribution in [1.82, 2.24) is 0 Å². The first-order chi connectivity index (χ1) is 6.00. The Morgan fingerprint density at radius 2 is 0.444 bits per heavy atom. The van der Waals surface area contributed by atoms with Crippen LogP contribution >= 0.6 is 23.5 Å². The topological polar surface area (TPSA) is 265 Å². The summed E-state index contributed by atoms with van der Waals surface area (Å²) in [5, 5.41) is 0. The van der Waals surface area contributed by atoms with Crippen molar-refractivity contribution in [1.29, 1.82) is 0 Å². The molecule has 0 amide bonds. The quantitative estimate of drug-likeness (QED) is 0.137. The Bertz CT molecular complexity index is 206. The molecule has 0 atom stereocenters. The third-order valence-electron chi connectivity index (χ3n) is 0. The van der Waals surface area contributed by atoms with Gasteiger partial charge in [0.2, 0.25) is 0 Å². The van der Waals surface area contributed by atoms with Crippen molar-refractivity contribution >= 4 is 98.9 Å². The van der Waals surface area contributed by atoms with E-state index >= 15 is 0 Å². The van der Waals surface area contributed by atoms with E-state index in [1.807, 2.05) is 0 Å². The molecular formula is H15Ca2O13P3. The van der Waals surface area contributed by atoms with Gasteiger partial charge in [0, 0.05) is 0 Å². The molecule has 0 bridgehead atoms. The fourth-order valence-electron chi connectivity index (χ4n) is 0. The van der Waals surface area contributed by atoms with Gasteiger partial charge in [-0.1, -0.05) is 0 Å². The molecule has 18 heteroatoms. The van der Waals surface area contributed by atoms with E-state index in [4.69, 9.17) is 57.7 Å². The van der Waals surface area contributed by atoms with Gasteiger partial charge < -0.3 is 49.5 Å². The summed E-state index contributed by atoms with van der Waals surface area (Å²) in [4.78, 5) is 64.7. The molecule has 0 radical (unpaired) electrons. The van der Waals surface area contributed by atoms with Crippen LogP contribution in [0.1, 0.15) is 0 Å². The second-order valence-corrected chi connectivity index (χ2v) is 4.62. The van der Waals surface area contributed by atoms with Crippen LogP contribution in [0, 0.1) is 0 Å². The summed E-state index contributed by atoms with van der Waals surface area (Å²) in [6, 6.07) is 0. The summed E-state index contributed by atoms with van der Waals surface area (Å²) in [7, 11) is -13.9. The molecule has 0 heterocycles. The normalized spacial score (nSPS) is 9.83. The van der Waals surface area contributed by atoms with Crippen LogP contribution in [0.2, 0.25) is 0 Å². The van der Waals surface area contributed by atoms with Gasteiger partial charge in [-0.3, -0.25) is 0 Å². The SMILES string of the molecule is O.O=P(O)(O)O.O=P(O)(O)O.O=P(O)(O)O.[CaH2].[CaH2]. The van der Waals surface area contributed by atoms with Crippen molar-refractivity contribution in [2.75, 3.05) is 0 Å². The zero-order chi connectivity index (χ0) is 13.5. The van der Waals surface area contributed by atoms with E-state index in [1.54, 1.807) is 0 Å². The Kier molecular flexibility index (Phi) is 33.5. The van der Waals surface area contributed by atoms with Crippen molar-refractivity contribution in [3.05, 3.63) is 0 Å². The van der Waals surface area contributed by atoms with Gasteiger partial charge in [-0.15, -0.1) is 0 Å². The van der Waals surface area contributed by atoms with Crippen LogP contribution in [0.15, 0.2) is 0 Å². The number of hydrogen-bond donors (Lipinski definition) is 9. The number of hydrogen-bond acceptors (Lipinski definition) is 3. The standard InChI is InChI=1S/2Ca.3H3O4P.H2O.4H/c;;3*1-5(2,3)4;;;;;/h;;3*(H3,1,2,3,4);1H2;;;;. The summed E-state index contributed by atoms with van der Waals surface area (Å²) in [5.41, 5.74) is 0. The molecule has 0 fully saturated rings. The summed E-state index contributed by atoms with van der Waals surface area (Å²) in [5.74, 6) is 0. The molecule has 18 heavy (non-hydrogen) atoms. The van der Waals surface area contributed by atoms with Crippen LogP contribution in [0.25, 0.3) is 0 Å². The Labute approximate surface area is 160 Å². The van der Waals surface area contributed by atoms with Crippen LogP contribution in [-0.2, 0) is 13.7 Å². The van der Waals surface area contributed by atoms with Crippen LogP contribution in [-0.4, -0.2) is 125 Å². The monoisotopic (exact) mass is 396 g/mol. The van der Waals surface area contributed by atoms with Gasteiger partial charge in [0.05, 0.1) is 0 Å². The molecule has 0 aliphatic carbocycles. The van der Waals surface area contributed by atoms with Crippen molar-refractivity contribution < 1.29 is 63.2 Å². The van der Waals surface area contributed by atoms with Crippen molar-refractivity contribution in [3.63, 3.8) is 0 Å². The fraction of sp³-hybridized carbons (Fsp3) is 0. The first-order valence-corrected chi connectivity index (χ1v) is 7.04. The summed E-state index contributed by atoms with van der Waals surface area (Å²) in [6.07, 6.45) is 0. The molecule has 0 saturated heterocycles. The van der Waals surface area contributed by atoms with Gasteiger partial charge in [-0.2, -0.15) is 0 Å². The number of phosphoric acid groups is 3.